The second kappa shape index (κ2) is 3.95. The molecule has 0 aliphatic heterocycles. The zero-order valence-electron chi connectivity index (χ0n) is 8.15. The van der Waals surface area contributed by atoms with Crippen molar-refractivity contribution in [2.45, 2.75) is 6.92 Å². The predicted molar refractivity (Wildman–Crippen MR) is 50.8 cm³/mol. The molecule has 0 aromatic carbocycles. The van der Waals surface area contributed by atoms with Crippen LogP contribution in [0.4, 0.5) is 0 Å². The van der Waals surface area contributed by atoms with E-state index in [4.69, 9.17) is 9.84 Å². The zero-order valence-corrected chi connectivity index (χ0v) is 8.15. The molecule has 5 heteroatoms. The minimum atomic E-state index is -1.08. The lowest BCUT2D eigenvalue weighted by molar-refractivity contribution is 0.0688. The minimum Gasteiger partial charge on any atom is -0.494 e. The number of aryl methyl sites for hydroxylation is 1. The molecule has 76 valence electrons. The number of hydrogen-bond donors (Lipinski definition) is 1. The third kappa shape index (κ3) is 1.93. The van der Waals surface area contributed by atoms with Gasteiger partial charge in [-0.3, -0.25) is 4.68 Å². The summed E-state index contributed by atoms with van der Waals surface area (Å²) in [6.45, 7) is 5.89. The van der Waals surface area contributed by atoms with Crippen molar-refractivity contribution in [1.29, 1.82) is 0 Å². The number of aromatic carboxylic acids is 1. The Bertz CT molecular complexity index is 368. The third-order valence-electron chi connectivity index (χ3n) is 1.65. The highest BCUT2D eigenvalue weighted by molar-refractivity contribution is 5.90. The second-order valence-corrected chi connectivity index (χ2v) is 2.73. The maximum absolute atomic E-state index is 10.8. The largest absolute Gasteiger partial charge is 0.494 e. The molecule has 0 radical (unpaired) electrons. The van der Waals surface area contributed by atoms with Crippen LogP contribution < -0.4 is 0 Å². The number of carbonyl (C=O) groups is 1. The van der Waals surface area contributed by atoms with Crippen LogP contribution in [0.25, 0.3) is 5.76 Å². The lowest BCUT2D eigenvalue weighted by Gasteiger charge is -2.04. The van der Waals surface area contributed by atoms with Gasteiger partial charge in [-0.2, -0.15) is 5.10 Å². The molecule has 0 saturated heterocycles. The summed E-state index contributed by atoms with van der Waals surface area (Å²) >= 11 is 0. The molecule has 0 bridgehead atoms. The molecule has 0 aliphatic carbocycles. The van der Waals surface area contributed by atoms with Gasteiger partial charge in [-0.05, 0) is 6.92 Å². The minimum absolute atomic E-state index is 0.0362. The van der Waals surface area contributed by atoms with Gasteiger partial charge in [0.1, 0.15) is 5.76 Å². The Morgan fingerprint density at radius 2 is 2.43 bits per heavy atom. The maximum Gasteiger partial charge on any atom is 0.357 e. The van der Waals surface area contributed by atoms with E-state index in [1.807, 2.05) is 6.92 Å². The van der Waals surface area contributed by atoms with Crippen LogP contribution in [0.15, 0.2) is 12.8 Å². The lowest BCUT2D eigenvalue weighted by atomic mass is 10.2. The Hall–Kier alpha value is -1.78. The Balaban J connectivity index is 3.06. The lowest BCUT2D eigenvalue weighted by Crippen LogP contribution is -2.02. The van der Waals surface area contributed by atoms with Crippen molar-refractivity contribution in [3.8, 4) is 0 Å². The van der Waals surface area contributed by atoms with Gasteiger partial charge < -0.3 is 9.84 Å². The van der Waals surface area contributed by atoms with E-state index < -0.39 is 5.97 Å². The number of carboxylic acid groups (broad SMARTS) is 1. The molecule has 0 saturated carbocycles. The standard InChI is InChI=1S/C9H12N2O3/c1-4-14-6(2)7-5-11(3)10-8(7)9(12)13/h5H,2,4H2,1,3H3,(H,12,13). The molecule has 1 rings (SSSR count). The number of aromatic nitrogens is 2. The molecule has 1 aromatic rings. The molecular formula is C9H12N2O3. The fourth-order valence-electron chi connectivity index (χ4n) is 1.10. The molecule has 5 nitrogen and oxygen atoms in total. The molecule has 1 N–H and O–H groups in total. The summed E-state index contributed by atoms with van der Waals surface area (Å²) in [4.78, 5) is 10.8. The molecule has 1 aromatic heterocycles. The molecule has 14 heavy (non-hydrogen) atoms. The van der Waals surface area contributed by atoms with Gasteiger partial charge >= 0.3 is 5.97 Å². The highest BCUT2D eigenvalue weighted by Gasteiger charge is 2.17. The average molecular weight is 196 g/mol. The number of ether oxygens (including phenoxy) is 1. The second-order valence-electron chi connectivity index (χ2n) is 2.73. The van der Waals surface area contributed by atoms with E-state index in [1.54, 1.807) is 13.2 Å². The van der Waals surface area contributed by atoms with Gasteiger partial charge in [0, 0.05) is 13.2 Å². The van der Waals surface area contributed by atoms with Crippen molar-refractivity contribution in [1.82, 2.24) is 9.78 Å². The summed E-state index contributed by atoms with van der Waals surface area (Å²) in [5.41, 5.74) is 0.382. The normalized spacial score (nSPS) is 9.86. The van der Waals surface area contributed by atoms with Crippen molar-refractivity contribution in [2.24, 2.45) is 7.05 Å². The highest BCUT2D eigenvalue weighted by atomic mass is 16.5. The maximum atomic E-state index is 10.8. The summed E-state index contributed by atoms with van der Waals surface area (Å²) in [7, 11) is 1.65. The van der Waals surface area contributed by atoms with Crippen LogP contribution in [0.2, 0.25) is 0 Å². The van der Waals surface area contributed by atoms with E-state index in [9.17, 15) is 4.79 Å². The van der Waals surface area contributed by atoms with Crippen LogP contribution in [-0.4, -0.2) is 27.5 Å². The predicted octanol–water partition coefficient (Wildman–Crippen LogP) is 1.13. The van der Waals surface area contributed by atoms with Crippen LogP contribution in [0.3, 0.4) is 0 Å². The van der Waals surface area contributed by atoms with Crippen molar-refractivity contribution in [3.63, 3.8) is 0 Å². The van der Waals surface area contributed by atoms with Crippen molar-refractivity contribution in [2.75, 3.05) is 6.61 Å². The summed E-state index contributed by atoms with van der Waals surface area (Å²) < 4.78 is 6.54. The first-order valence-electron chi connectivity index (χ1n) is 4.15. The summed E-state index contributed by atoms with van der Waals surface area (Å²) in [6, 6.07) is 0. The van der Waals surface area contributed by atoms with Gasteiger partial charge in [-0.25, -0.2) is 4.79 Å². The zero-order chi connectivity index (χ0) is 10.7. The first-order valence-corrected chi connectivity index (χ1v) is 4.15. The Morgan fingerprint density at radius 3 is 2.93 bits per heavy atom. The first-order chi connectivity index (χ1) is 6.56. The third-order valence-corrected chi connectivity index (χ3v) is 1.65. The summed E-state index contributed by atoms with van der Waals surface area (Å²) in [6.07, 6.45) is 1.57. The number of nitrogens with zero attached hydrogens (tertiary/aromatic N) is 2. The monoisotopic (exact) mass is 196 g/mol. The van der Waals surface area contributed by atoms with Gasteiger partial charge in [0.05, 0.1) is 12.2 Å². The quantitative estimate of drug-likeness (QED) is 0.733. The summed E-state index contributed by atoms with van der Waals surface area (Å²) in [5.74, 6) is -0.751. The van der Waals surface area contributed by atoms with Crippen LogP contribution in [0.5, 0.6) is 0 Å². The fraction of sp³-hybridized carbons (Fsp3) is 0.333. The van der Waals surface area contributed by atoms with E-state index in [0.717, 1.165) is 0 Å². The van der Waals surface area contributed by atoms with E-state index in [2.05, 4.69) is 11.7 Å². The topological polar surface area (TPSA) is 64.4 Å². The average Bonchev–Trinajstić information content (AvgIpc) is 2.48. The van der Waals surface area contributed by atoms with Crippen LogP contribution in [0, 0.1) is 0 Å². The van der Waals surface area contributed by atoms with Gasteiger partial charge in [0.25, 0.3) is 0 Å². The Morgan fingerprint density at radius 1 is 1.79 bits per heavy atom. The first kappa shape index (κ1) is 10.3. The van der Waals surface area contributed by atoms with E-state index >= 15 is 0 Å². The van der Waals surface area contributed by atoms with Crippen LogP contribution >= 0.6 is 0 Å². The van der Waals surface area contributed by atoms with E-state index in [0.29, 0.717) is 17.9 Å². The van der Waals surface area contributed by atoms with Crippen LogP contribution in [0.1, 0.15) is 23.0 Å². The van der Waals surface area contributed by atoms with Crippen molar-refractivity contribution in [3.05, 3.63) is 24.0 Å². The molecule has 0 amide bonds. The molecule has 0 atom stereocenters. The summed E-state index contributed by atoms with van der Waals surface area (Å²) in [5, 5.41) is 12.6. The van der Waals surface area contributed by atoms with Gasteiger partial charge in [-0.1, -0.05) is 6.58 Å². The SMILES string of the molecule is C=C(OCC)c1cn(C)nc1C(=O)O. The fourth-order valence-corrected chi connectivity index (χ4v) is 1.10. The smallest absolute Gasteiger partial charge is 0.357 e. The number of rotatable bonds is 4. The molecule has 0 unspecified atom stereocenters. The van der Waals surface area contributed by atoms with Gasteiger partial charge in [0.2, 0.25) is 0 Å². The van der Waals surface area contributed by atoms with E-state index in [1.165, 1.54) is 4.68 Å². The van der Waals surface area contributed by atoms with Crippen molar-refractivity contribution >= 4 is 11.7 Å². The van der Waals surface area contributed by atoms with Gasteiger partial charge in [0.15, 0.2) is 5.69 Å². The Labute approximate surface area is 81.6 Å². The molecule has 0 fully saturated rings. The van der Waals surface area contributed by atoms with E-state index in [-0.39, 0.29) is 5.69 Å². The highest BCUT2D eigenvalue weighted by Crippen LogP contribution is 2.17. The molecule has 1 heterocycles. The molecule has 0 aliphatic rings. The Kier molecular flexibility index (Phi) is 2.91. The molecule has 0 spiro atoms. The van der Waals surface area contributed by atoms with Gasteiger partial charge in [-0.15, -0.1) is 0 Å². The van der Waals surface area contributed by atoms with Crippen molar-refractivity contribution < 1.29 is 14.6 Å². The molecular weight excluding hydrogens is 184 g/mol. The number of carboxylic acids is 1. The number of hydrogen-bond acceptors (Lipinski definition) is 3. The van der Waals surface area contributed by atoms with Crippen LogP contribution in [-0.2, 0) is 11.8 Å².